The van der Waals surface area contributed by atoms with E-state index in [1.54, 1.807) is 37.1 Å². The Kier molecular flexibility index (Phi) is 4.66. The summed E-state index contributed by atoms with van der Waals surface area (Å²) in [7, 11) is -2.24. The summed E-state index contributed by atoms with van der Waals surface area (Å²) in [5.74, 6) is -0.831. The first-order chi connectivity index (χ1) is 12.1. The Bertz CT molecular complexity index is 992. The van der Waals surface area contributed by atoms with Gasteiger partial charge >= 0.3 is 0 Å². The average Bonchev–Trinajstić information content (AvgIpc) is 3.05. The molecule has 1 aromatic heterocycles. The molecule has 0 radical (unpaired) electrons. The summed E-state index contributed by atoms with van der Waals surface area (Å²) >= 11 is 1.57. The van der Waals surface area contributed by atoms with Crippen LogP contribution >= 0.6 is 11.3 Å². The van der Waals surface area contributed by atoms with E-state index in [0.29, 0.717) is 6.54 Å². The summed E-state index contributed by atoms with van der Waals surface area (Å²) in [6, 6.07) is 5.76. The molecular formula is C18H20N2O4S2. The number of aryl methyl sites for hydroxylation is 1. The normalized spacial score (nSPS) is 15.4. The fourth-order valence-electron chi connectivity index (χ4n) is 2.97. The third-order valence-electron chi connectivity index (χ3n) is 4.36. The third kappa shape index (κ3) is 2.93. The standard InChI is InChI=1S/C18H20N2O4S2/c1-11(2)20-18(22)14-6-5-13(9-16(14)26(20,23)24)17(21)19(4)10-15-12(3)7-8-25-15/h5-9,11H,10H2,1-4H3. The SMILES string of the molecule is Cc1ccsc1CN(C)C(=O)c1ccc2c(c1)S(=O)(=O)N(C(C)C)C2=O. The maximum absolute atomic E-state index is 12.7. The zero-order valence-electron chi connectivity index (χ0n) is 15.0. The quantitative estimate of drug-likeness (QED) is 0.802. The molecule has 0 spiro atoms. The van der Waals surface area contributed by atoms with Crippen molar-refractivity contribution in [3.63, 3.8) is 0 Å². The molecule has 0 bridgehead atoms. The largest absolute Gasteiger partial charge is 0.337 e. The number of sulfonamides is 1. The van der Waals surface area contributed by atoms with Crippen molar-refractivity contribution in [3.8, 4) is 0 Å². The van der Waals surface area contributed by atoms with Crippen molar-refractivity contribution in [2.75, 3.05) is 7.05 Å². The number of thiophene rings is 1. The Morgan fingerprint density at radius 3 is 2.54 bits per heavy atom. The molecule has 2 amide bonds. The lowest BCUT2D eigenvalue weighted by molar-refractivity contribution is 0.0784. The van der Waals surface area contributed by atoms with Crippen molar-refractivity contribution in [1.82, 2.24) is 9.21 Å². The van der Waals surface area contributed by atoms with E-state index in [4.69, 9.17) is 0 Å². The van der Waals surface area contributed by atoms with Gasteiger partial charge in [-0.2, -0.15) is 0 Å². The van der Waals surface area contributed by atoms with Crippen molar-refractivity contribution in [3.05, 3.63) is 51.2 Å². The van der Waals surface area contributed by atoms with Crippen LogP contribution in [0.2, 0.25) is 0 Å². The molecule has 0 atom stereocenters. The first kappa shape index (κ1) is 18.6. The summed E-state index contributed by atoms with van der Waals surface area (Å²) in [4.78, 5) is 27.6. The summed E-state index contributed by atoms with van der Waals surface area (Å²) in [6.45, 7) is 5.72. The number of amides is 2. The zero-order valence-corrected chi connectivity index (χ0v) is 16.6. The number of carbonyl (C=O) groups is 2. The van der Waals surface area contributed by atoms with Crippen LogP contribution in [-0.2, 0) is 16.6 Å². The topological polar surface area (TPSA) is 74.8 Å². The maximum atomic E-state index is 12.7. The molecule has 2 aromatic rings. The van der Waals surface area contributed by atoms with E-state index in [2.05, 4.69) is 0 Å². The molecule has 1 aliphatic heterocycles. The van der Waals surface area contributed by atoms with Gasteiger partial charge in [-0.05, 0) is 56.0 Å². The molecule has 0 N–H and O–H groups in total. The summed E-state index contributed by atoms with van der Waals surface area (Å²) in [5, 5.41) is 1.97. The van der Waals surface area contributed by atoms with E-state index < -0.39 is 22.0 Å². The van der Waals surface area contributed by atoms with E-state index in [1.807, 2.05) is 18.4 Å². The predicted molar refractivity (Wildman–Crippen MR) is 99.8 cm³/mol. The average molecular weight is 393 g/mol. The van der Waals surface area contributed by atoms with Gasteiger partial charge < -0.3 is 4.90 Å². The van der Waals surface area contributed by atoms with Crippen LogP contribution in [0.5, 0.6) is 0 Å². The zero-order chi connectivity index (χ0) is 19.2. The van der Waals surface area contributed by atoms with Gasteiger partial charge in [-0.15, -0.1) is 11.3 Å². The minimum absolute atomic E-state index is 0.0947. The van der Waals surface area contributed by atoms with Gasteiger partial charge in [-0.25, -0.2) is 12.7 Å². The minimum Gasteiger partial charge on any atom is -0.337 e. The smallest absolute Gasteiger partial charge is 0.269 e. The van der Waals surface area contributed by atoms with Crippen molar-refractivity contribution in [2.45, 2.75) is 38.3 Å². The van der Waals surface area contributed by atoms with Gasteiger partial charge in [-0.1, -0.05) is 0 Å². The summed E-state index contributed by atoms with van der Waals surface area (Å²) in [6.07, 6.45) is 0. The number of fused-ring (bicyclic) bond motifs is 1. The molecule has 8 heteroatoms. The molecule has 3 rings (SSSR count). The molecule has 6 nitrogen and oxygen atoms in total. The second-order valence-corrected chi connectivity index (χ2v) is 9.38. The first-order valence-corrected chi connectivity index (χ1v) is 10.5. The van der Waals surface area contributed by atoms with Crippen molar-refractivity contribution >= 4 is 33.2 Å². The van der Waals surface area contributed by atoms with Crippen LogP contribution in [0.15, 0.2) is 34.5 Å². The molecule has 1 aromatic carbocycles. The number of hydrogen-bond donors (Lipinski definition) is 0. The number of hydrogen-bond acceptors (Lipinski definition) is 5. The van der Waals surface area contributed by atoms with Gasteiger partial charge in [0.25, 0.3) is 21.8 Å². The van der Waals surface area contributed by atoms with Crippen LogP contribution in [0.1, 0.15) is 45.0 Å². The van der Waals surface area contributed by atoms with Crippen molar-refractivity contribution in [1.29, 1.82) is 0 Å². The second kappa shape index (κ2) is 6.51. The van der Waals surface area contributed by atoms with Gasteiger partial charge in [0.1, 0.15) is 4.90 Å². The minimum atomic E-state index is -3.92. The Morgan fingerprint density at radius 1 is 1.27 bits per heavy atom. The van der Waals surface area contributed by atoms with Gasteiger partial charge in [0.2, 0.25) is 0 Å². The lowest BCUT2D eigenvalue weighted by atomic mass is 10.1. The molecule has 1 aliphatic rings. The second-order valence-electron chi connectivity index (χ2n) is 6.60. The molecule has 2 heterocycles. The van der Waals surface area contributed by atoms with Crippen molar-refractivity contribution in [2.24, 2.45) is 0 Å². The third-order valence-corrected chi connectivity index (χ3v) is 7.37. The molecule has 138 valence electrons. The maximum Gasteiger partial charge on any atom is 0.269 e. The molecular weight excluding hydrogens is 372 g/mol. The highest BCUT2D eigenvalue weighted by Crippen LogP contribution is 2.33. The van der Waals surface area contributed by atoms with E-state index >= 15 is 0 Å². The molecule has 0 fully saturated rings. The molecule has 26 heavy (non-hydrogen) atoms. The molecule has 0 saturated carbocycles. The van der Waals surface area contributed by atoms with Crippen LogP contribution in [0.4, 0.5) is 0 Å². The number of rotatable bonds is 4. The highest BCUT2D eigenvalue weighted by Gasteiger charge is 2.43. The van der Waals surface area contributed by atoms with E-state index in [9.17, 15) is 18.0 Å². The summed E-state index contributed by atoms with van der Waals surface area (Å²) in [5.41, 5.74) is 1.48. The van der Waals surface area contributed by atoms with Crippen LogP contribution < -0.4 is 0 Å². The van der Waals surface area contributed by atoms with Gasteiger partial charge in [0, 0.05) is 23.5 Å². The number of nitrogens with zero attached hydrogens (tertiary/aromatic N) is 2. The van der Waals surface area contributed by atoms with Gasteiger partial charge in [0.05, 0.1) is 12.1 Å². The van der Waals surface area contributed by atoms with Crippen LogP contribution in [0, 0.1) is 6.92 Å². The highest BCUT2D eigenvalue weighted by atomic mass is 32.2. The van der Waals surface area contributed by atoms with E-state index in [0.717, 1.165) is 14.7 Å². The van der Waals surface area contributed by atoms with Crippen LogP contribution in [-0.4, -0.2) is 42.5 Å². The number of carbonyl (C=O) groups excluding carboxylic acids is 2. The Balaban J connectivity index is 1.93. The van der Waals surface area contributed by atoms with Crippen molar-refractivity contribution < 1.29 is 18.0 Å². The lowest BCUT2D eigenvalue weighted by Gasteiger charge is -2.19. The highest BCUT2D eigenvalue weighted by molar-refractivity contribution is 7.90. The van der Waals surface area contributed by atoms with Crippen LogP contribution in [0.3, 0.4) is 0 Å². The molecule has 0 aliphatic carbocycles. The Hall–Kier alpha value is -2.19. The predicted octanol–water partition coefficient (Wildman–Crippen LogP) is 2.88. The van der Waals surface area contributed by atoms with Gasteiger partial charge in [0.15, 0.2) is 0 Å². The molecule has 0 saturated heterocycles. The van der Waals surface area contributed by atoms with Crippen LogP contribution in [0.25, 0.3) is 0 Å². The Morgan fingerprint density at radius 2 is 1.96 bits per heavy atom. The summed E-state index contributed by atoms with van der Waals surface area (Å²) < 4.78 is 26.2. The fraction of sp³-hybridized carbons (Fsp3) is 0.333. The van der Waals surface area contributed by atoms with Gasteiger partial charge in [-0.3, -0.25) is 9.59 Å². The number of benzene rings is 1. The first-order valence-electron chi connectivity index (χ1n) is 8.16. The Labute approximate surface area is 157 Å². The fourth-order valence-corrected chi connectivity index (χ4v) is 5.72. The monoisotopic (exact) mass is 392 g/mol. The lowest BCUT2D eigenvalue weighted by Crippen LogP contribution is -2.36. The van der Waals surface area contributed by atoms with E-state index in [-0.39, 0.29) is 21.9 Å². The van der Waals surface area contributed by atoms with E-state index in [1.165, 1.54) is 18.2 Å². The molecule has 0 unspecified atom stereocenters.